The Kier molecular flexibility index (Phi) is 6.52. The number of fused-ring (bicyclic) bond motifs is 1. The second-order valence-corrected chi connectivity index (χ2v) is 6.96. The van der Waals surface area contributed by atoms with Crippen molar-refractivity contribution in [2.75, 3.05) is 12.3 Å². The van der Waals surface area contributed by atoms with Crippen molar-refractivity contribution in [2.45, 2.75) is 45.2 Å². The lowest BCUT2D eigenvalue weighted by Gasteiger charge is -2.12. The minimum Gasteiger partial charge on any atom is -0.312 e. The molecular weight excluding hydrogens is 276 g/mol. The van der Waals surface area contributed by atoms with E-state index in [4.69, 9.17) is 4.98 Å². The zero-order valence-corrected chi connectivity index (χ0v) is 14.2. The van der Waals surface area contributed by atoms with Crippen LogP contribution >= 0.6 is 11.8 Å². The molecule has 0 radical (unpaired) electrons. The molecule has 0 aliphatic carbocycles. The van der Waals surface area contributed by atoms with Crippen LogP contribution in [-0.4, -0.2) is 17.3 Å². The van der Waals surface area contributed by atoms with Gasteiger partial charge in [0, 0.05) is 11.9 Å². The number of rotatable bonds is 8. The first-order chi connectivity index (χ1) is 10.2. The molecule has 0 aliphatic heterocycles. The van der Waals surface area contributed by atoms with Crippen LogP contribution in [0.25, 0.3) is 10.9 Å². The first-order valence-corrected chi connectivity index (χ1v) is 8.91. The van der Waals surface area contributed by atoms with Crippen LogP contribution in [0.15, 0.2) is 35.4 Å². The number of aromatic nitrogens is 1. The number of pyridine rings is 1. The van der Waals surface area contributed by atoms with Crippen LogP contribution in [0.5, 0.6) is 0 Å². The minimum absolute atomic E-state index is 0.676. The summed E-state index contributed by atoms with van der Waals surface area (Å²) in [4.78, 5) is 4.87. The number of hydrogen-bond donors (Lipinski definition) is 1. The van der Waals surface area contributed by atoms with Crippen molar-refractivity contribution >= 4 is 22.7 Å². The van der Waals surface area contributed by atoms with Gasteiger partial charge in [0.05, 0.1) is 5.52 Å². The van der Waals surface area contributed by atoms with Crippen LogP contribution in [-0.2, 0) is 6.54 Å². The number of hydrogen-bond acceptors (Lipinski definition) is 3. The number of para-hydroxylation sites is 1. The molecule has 0 aliphatic rings. The van der Waals surface area contributed by atoms with Gasteiger partial charge in [0.15, 0.2) is 0 Å². The summed E-state index contributed by atoms with van der Waals surface area (Å²) in [5.74, 6) is 1.83. The van der Waals surface area contributed by atoms with Crippen molar-refractivity contribution in [1.82, 2.24) is 10.3 Å². The molecule has 21 heavy (non-hydrogen) atoms. The third-order valence-corrected chi connectivity index (χ3v) is 4.49. The van der Waals surface area contributed by atoms with E-state index in [0.717, 1.165) is 24.4 Å². The van der Waals surface area contributed by atoms with Gasteiger partial charge < -0.3 is 5.32 Å². The minimum atomic E-state index is 0.676. The molecule has 0 spiro atoms. The molecule has 1 heterocycles. The van der Waals surface area contributed by atoms with E-state index in [2.05, 4.69) is 56.4 Å². The molecule has 1 aromatic carbocycles. The van der Waals surface area contributed by atoms with Gasteiger partial charge in [-0.05, 0) is 42.3 Å². The van der Waals surface area contributed by atoms with Crippen LogP contribution < -0.4 is 5.32 Å². The fourth-order valence-corrected chi connectivity index (χ4v) is 3.31. The van der Waals surface area contributed by atoms with Crippen LogP contribution in [0, 0.1) is 5.92 Å². The van der Waals surface area contributed by atoms with Crippen molar-refractivity contribution in [2.24, 2.45) is 5.92 Å². The first kappa shape index (κ1) is 16.3. The summed E-state index contributed by atoms with van der Waals surface area (Å²) in [5, 5.41) is 5.97. The molecule has 0 amide bonds. The molecule has 0 saturated heterocycles. The first-order valence-electron chi connectivity index (χ1n) is 7.93. The van der Waals surface area contributed by atoms with E-state index >= 15 is 0 Å². The highest BCUT2D eigenvalue weighted by atomic mass is 32.2. The summed E-state index contributed by atoms with van der Waals surface area (Å²) in [6.45, 7) is 8.67. The summed E-state index contributed by atoms with van der Waals surface area (Å²) in [7, 11) is 0. The number of nitrogens with zero attached hydrogens (tertiary/aromatic N) is 1. The molecule has 114 valence electrons. The number of benzene rings is 1. The average molecular weight is 302 g/mol. The standard InChI is InChI=1S/C18H26N2S/c1-4-5-10-21-18-16(13-19-12-14(2)3)11-15-8-6-7-9-17(15)20-18/h6-9,11,14,19H,4-5,10,12-13H2,1-3H3. The van der Waals surface area contributed by atoms with E-state index in [1.807, 2.05) is 11.8 Å². The van der Waals surface area contributed by atoms with Gasteiger partial charge in [-0.3, -0.25) is 0 Å². The quantitative estimate of drug-likeness (QED) is 0.556. The van der Waals surface area contributed by atoms with E-state index in [-0.39, 0.29) is 0 Å². The van der Waals surface area contributed by atoms with Crippen molar-refractivity contribution in [3.05, 3.63) is 35.9 Å². The van der Waals surface area contributed by atoms with Crippen LogP contribution in [0.1, 0.15) is 39.2 Å². The van der Waals surface area contributed by atoms with Crippen molar-refractivity contribution in [3.63, 3.8) is 0 Å². The van der Waals surface area contributed by atoms with Crippen LogP contribution in [0.3, 0.4) is 0 Å². The van der Waals surface area contributed by atoms with Gasteiger partial charge >= 0.3 is 0 Å². The summed E-state index contributed by atoms with van der Waals surface area (Å²) < 4.78 is 0. The summed E-state index contributed by atoms with van der Waals surface area (Å²) >= 11 is 1.89. The number of nitrogens with one attached hydrogen (secondary N) is 1. The monoisotopic (exact) mass is 302 g/mol. The molecule has 2 aromatic rings. The lowest BCUT2D eigenvalue weighted by atomic mass is 10.1. The zero-order chi connectivity index (χ0) is 15.1. The molecule has 0 saturated carbocycles. The highest BCUT2D eigenvalue weighted by Gasteiger charge is 2.07. The van der Waals surface area contributed by atoms with E-state index in [0.29, 0.717) is 5.92 Å². The molecular formula is C18H26N2S. The SMILES string of the molecule is CCCCSc1nc2ccccc2cc1CNCC(C)C. The molecule has 0 fully saturated rings. The van der Waals surface area contributed by atoms with Crippen LogP contribution in [0.4, 0.5) is 0 Å². The lowest BCUT2D eigenvalue weighted by Crippen LogP contribution is -2.19. The van der Waals surface area contributed by atoms with Gasteiger partial charge in [0.1, 0.15) is 5.03 Å². The Morgan fingerprint density at radius 2 is 2.05 bits per heavy atom. The van der Waals surface area contributed by atoms with E-state index in [1.54, 1.807) is 0 Å². The van der Waals surface area contributed by atoms with Crippen molar-refractivity contribution < 1.29 is 0 Å². The largest absolute Gasteiger partial charge is 0.312 e. The predicted octanol–water partition coefficient (Wildman–Crippen LogP) is 4.87. The van der Waals surface area contributed by atoms with Gasteiger partial charge in [-0.2, -0.15) is 0 Å². The third kappa shape index (κ3) is 5.01. The van der Waals surface area contributed by atoms with Crippen molar-refractivity contribution in [3.8, 4) is 0 Å². The fraction of sp³-hybridized carbons (Fsp3) is 0.500. The van der Waals surface area contributed by atoms with E-state index < -0.39 is 0 Å². The Morgan fingerprint density at radius 3 is 2.81 bits per heavy atom. The lowest BCUT2D eigenvalue weighted by molar-refractivity contribution is 0.549. The topological polar surface area (TPSA) is 24.9 Å². The molecule has 2 nitrogen and oxygen atoms in total. The molecule has 1 aromatic heterocycles. The summed E-state index contributed by atoms with van der Waals surface area (Å²) in [6, 6.07) is 10.7. The molecule has 1 N–H and O–H groups in total. The molecule has 0 bridgehead atoms. The molecule has 2 rings (SSSR count). The highest BCUT2D eigenvalue weighted by molar-refractivity contribution is 7.99. The van der Waals surface area contributed by atoms with Gasteiger partial charge in [0.25, 0.3) is 0 Å². The maximum absolute atomic E-state index is 4.87. The van der Waals surface area contributed by atoms with Gasteiger partial charge in [0.2, 0.25) is 0 Å². The maximum Gasteiger partial charge on any atom is 0.101 e. The summed E-state index contributed by atoms with van der Waals surface area (Å²) in [6.07, 6.45) is 2.49. The fourth-order valence-electron chi connectivity index (χ4n) is 2.20. The molecule has 3 heteroatoms. The van der Waals surface area contributed by atoms with E-state index in [9.17, 15) is 0 Å². The Bertz CT molecular complexity index is 566. The van der Waals surface area contributed by atoms with Crippen LogP contribution in [0.2, 0.25) is 0 Å². The second kappa shape index (κ2) is 8.40. The maximum atomic E-state index is 4.87. The Morgan fingerprint density at radius 1 is 1.24 bits per heavy atom. The van der Waals surface area contributed by atoms with Crippen molar-refractivity contribution in [1.29, 1.82) is 0 Å². The number of unbranched alkanes of at least 4 members (excludes halogenated alkanes) is 1. The normalized spacial score (nSPS) is 11.4. The smallest absolute Gasteiger partial charge is 0.101 e. The third-order valence-electron chi connectivity index (χ3n) is 3.37. The Hall–Kier alpha value is -1.06. The Labute approximate surface area is 132 Å². The zero-order valence-electron chi connectivity index (χ0n) is 13.4. The van der Waals surface area contributed by atoms with Gasteiger partial charge in [-0.1, -0.05) is 45.4 Å². The Balaban J connectivity index is 2.18. The predicted molar refractivity (Wildman–Crippen MR) is 93.9 cm³/mol. The summed E-state index contributed by atoms with van der Waals surface area (Å²) in [5.41, 5.74) is 2.43. The van der Waals surface area contributed by atoms with Gasteiger partial charge in [-0.25, -0.2) is 4.98 Å². The average Bonchev–Trinajstić information content (AvgIpc) is 2.47. The highest BCUT2D eigenvalue weighted by Crippen LogP contribution is 2.25. The number of thioether (sulfide) groups is 1. The van der Waals surface area contributed by atoms with E-state index in [1.165, 1.54) is 28.8 Å². The molecule has 0 atom stereocenters. The molecule has 0 unspecified atom stereocenters. The second-order valence-electron chi connectivity index (χ2n) is 5.87. The van der Waals surface area contributed by atoms with Gasteiger partial charge in [-0.15, -0.1) is 11.8 Å².